The van der Waals surface area contributed by atoms with E-state index < -0.39 is 9.84 Å². The van der Waals surface area contributed by atoms with Crippen LogP contribution in [0, 0.1) is 5.82 Å². The second-order valence-electron chi connectivity index (χ2n) is 4.21. The van der Waals surface area contributed by atoms with Crippen LogP contribution >= 0.6 is 0 Å². The molecule has 0 bridgehead atoms. The van der Waals surface area contributed by atoms with Gasteiger partial charge in [0.15, 0.2) is 0 Å². The summed E-state index contributed by atoms with van der Waals surface area (Å²) in [5.41, 5.74) is 0.865. The lowest BCUT2D eigenvalue weighted by molar-refractivity contribution is 0.556. The van der Waals surface area contributed by atoms with Crippen molar-refractivity contribution in [2.75, 3.05) is 18.6 Å². The number of hydrogen-bond donors (Lipinski definition) is 1. The van der Waals surface area contributed by atoms with Gasteiger partial charge in [0.25, 0.3) is 0 Å². The molecule has 1 aromatic carbocycles. The number of halogens is 1. The molecule has 0 unspecified atom stereocenters. The van der Waals surface area contributed by atoms with E-state index in [1.54, 1.807) is 6.07 Å². The van der Waals surface area contributed by atoms with Crippen molar-refractivity contribution >= 4 is 9.84 Å². The van der Waals surface area contributed by atoms with Gasteiger partial charge in [-0.25, -0.2) is 12.8 Å². The first-order valence-electron chi connectivity index (χ1n) is 5.55. The summed E-state index contributed by atoms with van der Waals surface area (Å²) in [7, 11) is -2.89. The van der Waals surface area contributed by atoms with Crippen LogP contribution in [0.25, 0.3) is 0 Å². The van der Waals surface area contributed by atoms with Crippen LogP contribution in [0.15, 0.2) is 24.3 Å². The van der Waals surface area contributed by atoms with Crippen molar-refractivity contribution < 1.29 is 12.8 Å². The summed E-state index contributed by atoms with van der Waals surface area (Å²) in [5.74, 6) is -0.0807. The third-order valence-electron chi connectivity index (χ3n) is 2.49. The standard InChI is InChI=1S/C12H18FNO2S/c1-10(11-5-3-6-12(13)9-11)14-7-4-8-17(2,15)16/h3,5-6,9-10,14H,4,7-8H2,1-2H3/t10-/m1/s1. The van der Waals surface area contributed by atoms with E-state index in [9.17, 15) is 12.8 Å². The van der Waals surface area contributed by atoms with Crippen LogP contribution in [-0.2, 0) is 9.84 Å². The number of hydrogen-bond acceptors (Lipinski definition) is 3. The molecule has 0 aliphatic carbocycles. The highest BCUT2D eigenvalue weighted by atomic mass is 32.2. The first-order chi connectivity index (χ1) is 7.88. The van der Waals surface area contributed by atoms with Crippen LogP contribution in [0.5, 0.6) is 0 Å². The number of benzene rings is 1. The maximum Gasteiger partial charge on any atom is 0.147 e. The SMILES string of the molecule is C[C@@H](NCCCS(C)(=O)=O)c1cccc(F)c1. The number of sulfone groups is 1. The third kappa shape index (κ3) is 5.79. The zero-order chi connectivity index (χ0) is 12.9. The molecule has 1 N–H and O–H groups in total. The van der Waals surface area contributed by atoms with Crippen molar-refractivity contribution in [3.05, 3.63) is 35.6 Å². The minimum absolute atomic E-state index is 0.0188. The molecule has 0 aliphatic rings. The van der Waals surface area contributed by atoms with Crippen LogP contribution in [0.1, 0.15) is 24.9 Å². The van der Waals surface area contributed by atoms with Gasteiger partial charge in [-0.2, -0.15) is 0 Å². The van der Waals surface area contributed by atoms with Crippen LogP contribution in [0.2, 0.25) is 0 Å². The summed E-state index contributed by atoms with van der Waals surface area (Å²) in [6, 6.07) is 6.41. The summed E-state index contributed by atoms with van der Waals surface area (Å²) < 4.78 is 34.8. The van der Waals surface area contributed by atoms with Crippen LogP contribution < -0.4 is 5.32 Å². The highest BCUT2D eigenvalue weighted by Gasteiger charge is 2.06. The molecule has 0 radical (unpaired) electrons. The molecule has 96 valence electrons. The normalized spacial score (nSPS) is 13.6. The van der Waals surface area contributed by atoms with Gasteiger partial charge < -0.3 is 5.32 Å². The Morgan fingerprint density at radius 3 is 2.71 bits per heavy atom. The molecule has 1 aromatic rings. The van der Waals surface area contributed by atoms with E-state index in [-0.39, 0.29) is 17.6 Å². The molecule has 1 atom stereocenters. The second-order valence-corrected chi connectivity index (χ2v) is 6.47. The van der Waals surface area contributed by atoms with Crippen LogP contribution in [0.4, 0.5) is 4.39 Å². The topological polar surface area (TPSA) is 46.2 Å². The van der Waals surface area contributed by atoms with E-state index in [0.29, 0.717) is 13.0 Å². The fourth-order valence-corrected chi connectivity index (χ4v) is 2.22. The summed E-state index contributed by atoms with van der Waals surface area (Å²) in [6.07, 6.45) is 1.79. The number of rotatable bonds is 6. The lowest BCUT2D eigenvalue weighted by atomic mass is 10.1. The minimum Gasteiger partial charge on any atom is -0.310 e. The van der Waals surface area contributed by atoms with Gasteiger partial charge in [-0.15, -0.1) is 0 Å². The predicted octanol–water partition coefficient (Wildman–Crippen LogP) is 1.91. The average Bonchev–Trinajstić information content (AvgIpc) is 2.23. The van der Waals surface area contributed by atoms with Crippen molar-refractivity contribution in [3.63, 3.8) is 0 Å². The fourth-order valence-electron chi connectivity index (χ4n) is 1.55. The van der Waals surface area contributed by atoms with Crippen molar-refractivity contribution in [3.8, 4) is 0 Å². The van der Waals surface area contributed by atoms with Gasteiger partial charge in [0.2, 0.25) is 0 Å². The Balaban J connectivity index is 2.38. The Kier molecular flexibility index (Phi) is 5.08. The van der Waals surface area contributed by atoms with Crippen LogP contribution in [-0.4, -0.2) is 27.0 Å². The Morgan fingerprint density at radius 1 is 1.41 bits per heavy atom. The maximum absolute atomic E-state index is 13.0. The summed E-state index contributed by atoms with van der Waals surface area (Å²) >= 11 is 0. The first kappa shape index (κ1) is 14.1. The monoisotopic (exact) mass is 259 g/mol. The third-order valence-corrected chi connectivity index (χ3v) is 3.52. The van der Waals surface area contributed by atoms with E-state index in [2.05, 4.69) is 5.32 Å². The highest BCUT2D eigenvalue weighted by molar-refractivity contribution is 7.90. The fraction of sp³-hybridized carbons (Fsp3) is 0.500. The van der Waals surface area contributed by atoms with E-state index in [4.69, 9.17) is 0 Å². The van der Waals surface area contributed by atoms with E-state index in [1.165, 1.54) is 18.4 Å². The summed E-state index contributed by atoms with van der Waals surface area (Å²) in [4.78, 5) is 0. The smallest absolute Gasteiger partial charge is 0.147 e. The Bertz CT molecular complexity index is 459. The molecule has 0 spiro atoms. The molecule has 1 rings (SSSR count). The molecular weight excluding hydrogens is 241 g/mol. The molecule has 5 heteroatoms. The summed E-state index contributed by atoms with van der Waals surface area (Å²) in [6.45, 7) is 2.53. The van der Waals surface area contributed by atoms with Crippen molar-refractivity contribution in [2.24, 2.45) is 0 Å². The lowest BCUT2D eigenvalue weighted by Gasteiger charge is -2.13. The molecule has 3 nitrogen and oxygen atoms in total. The Morgan fingerprint density at radius 2 is 2.12 bits per heavy atom. The zero-order valence-corrected chi connectivity index (χ0v) is 10.9. The molecular formula is C12H18FNO2S. The van der Waals surface area contributed by atoms with Crippen LogP contribution in [0.3, 0.4) is 0 Å². The van der Waals surface area contributed by atoms with E-state index in [0.717, 1.165) is 5.56 Å². The molecule has 0 amide bonds. The Labute approximate surface area is 102 Å². The van der Waals surface area contributed by atoms with Crippen molar-refractivity contribution in [1.82, 2.24) is 5.32 Å². The molecule has 17 heavy (non-hydrogen) atoms. The molecule has 0 saturated carbocycles. The highest BCUT2D eigenvalue weighted by Crippen LogP contribution is 2.13. The van der Waals surface area contributed by atoms with Gasteiger partial charge in [0.1, 0.15) is 15.7 Å². The van der Waals surface area contributed by atoms with E-state index in [1.807, 2.05) is 13.0 Å². The molecule has 0 saturated heterocycles. The second kappa shape index (κ2) is 6.12. The van der Waals surface area contributed by atoms with Gasteiger partial charge in [0.05, 0.1) is 5.75 Å². The summed E-state index contributed by atoms with van der Waals surface area (Å²) in [5, 5.41) is 3.17. The molecule has 0 aromatic heterocycles. The van der Waals surface area contributed by atoms with Gasteiger partial charge >= 0.3 is 0 Å². The minimum atomic E-state index is -2.89. The number of nitrogens with one attached hydrogen (secondary N) is 1. The molecule has 0 aliphatic heterocycles. The average molecular weight is 259 g/mol. The maximum atomic E-state index is 13.0. The molecule has 0 heterocycles. The largest absolute Gasteiger partial charge is 0.310 e. The van der Waals surface area contributed by atoms with Crippen molar-refractivity contribution in [1.29, 1.82) is 0 Å². The quantitative estimate of drug-likeness (QED) is 0.794. The van der Waals surface area contributed by atoms with Crippen molar-refractivity contribution in [2.45, 2.75) is 19.4 Å². The van der Waals surface area contributed by atoms with Gasteiger partial charge in [-0.1, -0.05) is 12.1 Å². The lowest BCUT2D eigenvalue weighted by Crippen LogP contribution is -2.21. The zero-order valence-electron chi connectivity index (χ0n) is 10.1. The van der Waals surface area contributed by atoms with Gasteiger partial charge in [-0.05, 0) is 37.6 Å². The Hall–Kier alpha value is -0.940. The molecule has 0 fully saturated rings. The van der Waals surface area contributed by atoms with Gasteiger partial charge in [-0.3, -0.25) is 0 Å². The first-order valence-corrected chi connectivity index (χ1v) is 7.61. The predicted molar refractivity (Wildman–Crippen MR) is 67.1 cm³/mol. The van der Waals surface area contributed by atoms with Gasteiger partial charge in [0, 0.05) is 12.3 Å². The van der Waals surface area contributed by atoms with E-state index >= 15 is 0 Å².